The number of rotatable bonds is 3. The van der Waals surface area contributed by atoms with Crippen LogP contribution in [0.2, 0.25) is 0 Å². The first-order valence-electron chi connectivity index (χ1n) is 4.96. The van der Waals surface area contributed by atoms with Gasteiger partial charge in [0.05, 0.1) is 6.54 Å². The third-order valence-electron chi connectivity index (χ3n) is 2.53. The molecule has 0 spiro atoms. The van der Waals surface area contributed by atoms with Gasteiger partial charge in [-0.2, -0.15) is 13.2 Å². The number of hydrogen-bond acceptors (Lipinski definition) is 2. The predicted octanol–water partition coefficient (Wildman–Crippen LogP) is 3.09. The Morgan fingerprint density at radius 3 is 2.41 bits per heavy atom. The largest absolute Gasteiger partial charge is 0.508 e. The second kappa shape index (κ2) is 4.91. The van der Waals surface area contributed by atoms with Gasteiger partial charge in [0.1, 0.15) is 11.6 Å². The quantitative estimate of drug-likeness (QED) is 0.834. The number of aromatic hydroxyl groups is 1. The summed E-state index contributed by atoms with van der Waals surface area (Å²) in [5.41, 5.74) is 0.262. The molecule has 0 fully saturated rings. The number of alkyl halides is 3. The Bertz CT molecular complexity index is 392. The van der Waals surface area contributed by atoms with Gasteiger partial charge >= 0.3 is 6.18 Å². The maximum Gasteiger partial charge on any atom is 0.401 e. The number of halogens is 4. The van der Waals surface area contributed by atoms with E-state index in [2.05, 4.69) is 0 Å². The average molecular weight is 251 g/mol. The molecular weight excluding hydrogens is 238 g/mol. The van der Waals surface area contributed by atoms with Crippen LogP contribution >= 0.6 is 0 Å². The van der Waals surface area contributed by atoms with E-state index >= 15 is 0 Å². The third kappa shape index (κ3) is 3.89. The number of phenolic OH excluding ortho intramolecular Hbond substituents is 1. The zero-order chi connectivity index (χ0) is 13.2. The summed E-state index contributed by atoms with van der Waals surface area (Å²) in [5.74, 6) is -0.969. The summed E-state index contributed by atoms with van der Waals surface area (Å²) in [6.45, 7) is 0.420. The molecule has 1 unspecified atom stereocenters. The molecule has 0 aromatic heterocycles. The van der Waals surface area contributed by atoms with E-state index in [1.165, 1.54) is 20.0 Å². The molecule has 17 heavy (non-hydrogen) atoms. The molecule has 1 N–H and O–H groups in total. The Kier molecular flexibility index (Phi) is 3.98. The molecule has 1 aromatic carbocycles. The number of phenols is 1. The fourth-order valence-electron chi connectivity index (χ4n) is 1.53. The van der Waals surface area contributed by atoms with Gasteiger partial charge in [0.25, 0.3) is 0 Å². The first-order chi connectivity index (χ1) is 7.70. The molecule has 0 heterocycles. The first-order valence-corrected chi connectivity index (χ1v) is 4.96. The van der Waals surface area contributed by atoms with Crippen molar-refractivity contribution in [2.75, 3.05) is 13.6 Å². The Morgan fingerprint density at radius 1 is 1.35 bits per heavy atom. The molecule has 0 bridgehead atoms. The second-order valence-electron chi connectivity index (χ2n) is 3.91. The molecule has 2 nitrogen and oxygen atoms in total. The summed E-state index contributed by atoms with van der Waals surface area (Å²) in [6.07, 6.45) is -4.31. The molecule has 96 valence electrons. The molecule has 0 radical (unpaired) electrons. The van der Waals surface area contributed by atoms with Crippen molar-refractivity contribution in [1.82, 2.24) is 4.90 Å². The van der Waals surface area contributed by atoms with Gasteiger partial charge in [-0.3, -0.25) is 4.90 Å². The van der Waals surface area contributed by atoms with E-state index in [-0.39, 0.29) is 11.3 Å². The summed E-state index contributed by atoms with van der Waals surface area (Å²) in [6, 6.07) is 2.61. The standard InChI is InChI=1S/C11H13F4NO/c1-7(16(2)6-11(13,14)15)9-4-3-8(12)5-10(9)17/h3-5,7,17H,6H2,1-2H3. The lowest BCUT2D eigenvalue weighted by molar-refractivity contribution is -0.147. The van der Waals surface area contributed by atoms with E-state index in [0.717, 1.165) is 17.0 Å². The number of nitrogens with zero attached hydrogens (tertiary/aromatic N) is 1. The zero-order valence-electron chi connectivity index (χ0n) is 9.42. The summed E-state index contributed by atoms with van der Waals surface area (Å²) in [7, 11) is 1.29. The van der Waals surface area contributed by atoms with Crippen molar-refractivity contribution < 1.29 is 22.7 Å². The van der Waals surface area contributed by atoms with E-state index < -0.39 is 24.6 Å². The monoisotopic (exact) mass is 251 g/mol. The minimum absolute atomic E-state index is 0.262. The van der Waals surface area contributed by atoms with Gasteiger partial charge in [-0.05, 0) is 20.0 Å². The molecule has 0 amide bonds. The summed E-state index contributed by atoms with van der Waals surface area (Å²) < 4.78 is 49.3. The highest BCUT2D eigenvalue weighted by Gasteiger charge is 2.31. The Morgan fingerprint density at radius 2 is 1.94 bits per heavy atom. The van der Waals surface area contributed by atoms with Gasteiger partial charge in [-0.1, -0.05) is 6.07 Å². The van der Waals surface area contributed by atoms with Crippen LogP contribution in [-0.2, 0) is 0 Å². The highest BCUT2D eigenvalue weighted by atomic mass is 19.4. The van der Waals surface area contributed by atoms with Crippen molar-refractivity contribution in [3.63, 3.8) is 0 Å². The average Bonchev–Trinajstić information content (AvgIpc) is 2.14. The van der Waals surface area contributed by atoms with E-state index in [1.807, 2.05) is 0 Å². The minimum atomic E-state index is -4.31. The van der Waals surface area contributed by atoms with E-state index in [4.69, 9.17) is 0 Å². The van der Waals surface area contributed by atoms with E-state index in [9.17, 15) is 22.7 Å². The van der Waals surface area contributed by atoms with Crippen molar-refractivity contribution in [3.8, 4) is 5.75 Å². The molecule has 1 aromatic rings. The van der Waals surface area contributed by atoms with E-state index in [0.29, 0.717) is 0 Å². The lowest BCUT2D eigenvalue weighted by atomic mass is 10.1. The van der Waals surface area contributed by atoms with Crippen molar-refractivity contribution >= 4 is 0 Å². The molecule has 0 aliphatic heterocycles. The molecular formula is C11H13F4NO. The van der Waals surface area contributed by atoms with Crippen molar-refractivity contribution in [2.24, 2.45) is 0 Å². The Hall–Kier alpha value is -1.30. The SMILES string of the molecule is CC(c1ccc(F)cc1O)N(C)CC(F)(F)F. The molecule has 0 saturated carbocycles. The van der Waals surface area contributed by atoms with Gasteiger partial charge in [0.15, 0.2) is 0 Å². The van der Waals surface area contributed by atoms with E-state index in [1.54, 1.807) is 0 Å². The second-order valence-corrected chi connectivity index (χ2v) is 3.91. The van der Waals surface area contributed by atoms with Crippen LogP contribution in [0.25, 0.3) is 0 Å². The summed E-state index contributed by atoms with van der Waals surface area (Å²) in [5, 5.41) is 9.46. The maximum atomic E-state index is 12.7. The van der Waals surface area contributed by atoms with Gasteiger partial charge in [0.2, 0.25) is 0 Å². The highest BCUT2D eigenvalue weighted by Crippen LogP contribution is 2.30. The molecule has 0 aliphatic carbocycles. The molecule has 0 aliphatic rings. The zero-order valence-corrected chi connectivity index (χ0v) is 9.42. The normalized spacial score (nSPS) is 14.1. The molecule has 1 rings (SSSR count). The third-order valence-corrected chi connectivity index (χ3v) is 2.53. The minimum Gasteiger partial charge on any atom is -0.508 e. The Labute approximate surface area is 96.5 Å². The van der Waals surface area contributed by atoms with Crippen LogP contribution in [0.4, 0.5) is 17.6 Å². The number of hydrogen-bond donors (Lipinski definition) is 1. The van der Waals surface area contributed by atoms with Crippen LogP contribution in [0.3, 0.4) is 0 Å². The van der Waals surface area contributed by atoms with Crippen LogP contribution in [0.5, 0.6) is 5.75 Å². The van der Waals surface area contributed by atoms with Crippen molar-refractivity contribution in [1.29, 1.82) is 0 Å². The van der Waals surface area contributed by atoms with Crippen molar-refractivity contribution in [3.05, 3.63) is 29.6 Å². The van der Waals surface area contributed by atoms with Gasteiger partial charge in [-0.25, -0.2) is 4.39 Å². The lowest BCUT2D eigenvalue weighted by Crippen LogP contribution is -2.33. The smallest absolute Gasteiger partial charge is 0.401 e. The van der Waals surface area contributed by atoms with Gasteiger partial charge in [-0.15, -0.1) is 0 Å². The van der Waals surface area contributed by atoms with Crippen LogP contribution in [0, 0.1) is 5.82 Å². The first kappa shape index (κ1) is 13.8. The molecule has 0 saturated heterocycles. The Balaban J connectivity index is 2.85. The van der Waals surface area contributed by atoms with Crippen LogP contribution in [0.15, 0.2) is 18.2 Å². The molecule has 1 atom stereocenters. The number of benzene rings is 1. The predicted molar refractivity (Wildman–Crippen MR) is 55.2 cm³/mol. The fourth-order valence-corrected chi connectivity index (χ4v) is 1.53. The summed E-state index contributed by atoms with van der Waals surface area (Å²) in [4.78, 5) is 1.03. The maximum absolute atomic E-state index is 12.7. The van der Waals surface area contributed by atoms with Crippen LogP contribution in [-0.4, -0.2) is 29.8 Å². The lowest BCUT2D eigenvalue weighted by Gasteiger charge is -2.26. The van der Waals surface area contributed by atoms with Gasteiger partial charge in [0, 0.05) is 17.7 Å². The van der Waals surface area contributed by atoms with Crippen LogP contribution in [0.1, 0.15) is 18.5 Å². The molecule has 6 heteroatoms. The highest BCUT2D eigenvalue weighted by molar-refractivity contribution is 5.34. The van der Waals surface area contributed by atoms with Crippen molar-refractivity contribution in [2.45, 2.75) is 19.1 Å². The topological polar surface area (TPSA) is 23.5 Å². The fraction of sp³-hybridized carbons (Fsp3) is 0.455. The van der Waals surface area contributed by atoms with Crippen LogP contribution < -0.4 is 0 Å². The van der Waals surface area contributed by atoms with Gasteiger partial charge < -0.3 is 5.11 Å². The summed E-state index contributed by atoms with van der Waals surface area (Å²) >= 11 is 0.